The first-order valence-electron chi connectivity index (χ1n) is 3.98. The van der Waals surface area contributed by atoms with E-state index in [1.165, 1.54) is 30.8 Å². The Hall–Kier alpha value is -0.810. The van der Waals surface area contributed by atoms with Gasteiger partial charge in [0.15, 0.2) is 14.7 Å². The summed E-state index contributed by atoms with van der Waals surface area (Å²) in [6, 6.07) is 1.39. The number of nitrogens with zero attached hydrogens (tertiary/aromatic N) is 1. The first-order chi connectivity index (χ1) is 6.40. The zero-order valence-electron chi connectivity index (χ0n) is 7.82. The van der Waals surface area contributed by atoms with Crippen molar-refractivity contribution in [2.75, 3.05) is 5.75 Å². The number of hydrogen-bond donors (Lipinski definition) is 0. The quantitative estimate of drug-likeness (QED) is 0.763. The van der Waals surface area contributed by atoms with Gasteiger partial charge in [0.25, 0.3) is 5.56 Å². The fraction of sp³-hybridized carbons (Fsp3) is 0.375. The van der Waals surface area contributed by atoms with Crippen LogP contribution in [0.25, 0.3) is 0 Å². The van der Waals surface area contributed by atoms with E-state index in [0.717, 1.165) is 0 Å². The van der Waals surface area contributed by atoms with Crippen LogP contribution < -0.4 is 5.56 Å². The minimum atomic E-state index is -3.55. The van der Waals surface area contributed by atoms with Crippen molar-refractivity contribution in [3.8, 4) is 0 Å². The van der Waals surface area contributed by atoms with Crippen molar-refractivity contribution in [1.82, 2.24) is 4.57 Å². The smallest absolute Gasteiger partial charge is 0.270 e. The van der Waals surface area contributed by atoms with Crippen LogP contribution in [0.1, 0.15) is 6.92 Å². The molecule has 0 bridgehead atoms. The summed E-state index contributed by atoms with van der Waals surface area (Å²) in [5.41, 5.74) is -0.584. The minimum Gasteiger partial charge on any atom is -0.317 e. The summed E-state index contributed by atoms with van der Waals surface area (Å²) in [5.74, 6) is -0.133. The third kappa shape index (κ3) is 1.83. The molecule has 0 aliphatic carbocycles. The van der Waals surface area contributed by atoms with Crippen LogP contribution in [0.2, 0.25) is 5.02 Å². The third-order valence-electron chi connectivity index (χ3n) is 1.87. The van der Waals surface area contributed by atoms with E-state index in [2.05, 4.69) is 0 Å². The van der Waals surface area contributed by atoms with Crippen molar-refractivity contribution in [2.45, 2.75) is 11.8 Å². The molecule has 0 unspecified atom stereocenters. The zero-order chi connectivity index (χ0) is 10.9. The van der Waals surface area contributed by atoms with E-state index in [1.54, 1.807) is 0 Å². The normalized spacial score (nSPS) is 11.6. The van der Waals surface area contributed by atoms with E-state index >= 15 is 0 Å². The molecule has 0 fully saturated rings. The maximum atomic E-state index is 11.5. The highest BCUT2D eigenvalue weighted by atomic mass is 35.5. The SMILES string of the molecule is CCS(=O)(=O)c1c(Cl)ccn(C)c1=O. The lowest BCUT2D eigenvalue weighted by Gasteiger charge is -2.04. The maximum Gasteiger partial charge on any atom is 0.270 e. The van der Waals surface area contributed by atoms with Crippen LogP contribution in [0.4, 0.5) is 0 Å². The Morgan fingerprint density at radius 1 is 1.50 bits per heavy atom. The van der Waals surface area contributed by atoms with Gasteiger partial charge in [0.05, 0.1) is 10.8 Å². The third-order valence-corrected chi connectivity index (χ3v) is 4.07. The van der Waals surface area contributed by atoms with Crippen molar-refractivity contribution < 1.29 is 8.42 Å². The second kappa shape index (κ2) is 3.74. The highest BCUT2D eigenvalue weighted by Gasteiger charge is 2.20. The largest absolute Gasteiger partial charge is 0.317 e. The lowest BCUT2D eigenvalue weighted by atomic mass is 10.5. The van der Waals surface area contributed by atoms with Crippen LogP contribution in [0.5, 0.6) is 0 Å². The van der Waals surface area contributed by atoms with E-state index in [0.29, 0.717) is 0 Å². The Morgan fingerprint density at radius 3 is 2.57 bits per heavy atom. The summed E-state index contributed by atoms with van der Waals surface area (Å²) >= 11 is 5.67. The Bertz CT molecular complexity index is 504. The molecule has 0 atom stereocenters. The first-order valence-corrected chi connectivity index (χ1v) is 6.01. The molecule has 0 spiro atoms. The van der Waals surface area contributed by atoms with Crippen LogP contribution >= 0.6 is 11.6 Å². The van der Waals surface area contributed by atoms with Crippen LogP contribution in [-0.2, 0) is 16.9 Å². The van der Waals surface area contributed by atoms with Crippen molar-refractivity contribution >= 4 is 21.4 Å². The number of aryl methyl sites for hydroxylation is 1. The predicted molar refractivity (Wildman–Crippen MR) is 54.4 cm³/mol. The van der Waals surface area contributed by atoms with Gasteiger partial charge in [0.2, 0.25) is 0 Å². The number of sulfone groups is 1. The lowest BCUT2D eigenvalue weighted by Crippen LogP contribution is -2.24. The summed E-state index contributed by atoms with van der Waals surface area (Å²) in [4.78, 5) is 11.2. The van der Waals surface area contributed by atoms with Gasteiger partial charge in [-0.25, -0.2) is 8.42 Å². The lowest BCUT2D eigenvalue weighted by molar-refractivity contribution is 0.594. The summed E-state index contributed by atoms with van der Waals surface area (Å²) < 4.78 is 24.2. The van der Waals surface area contributed by atoms with Crippen LogP contribution in [-0.4, -0.2) is 18.7 Å². The summed E-state index contributed by atoms with van der Waals surface area (Å²) in [6.45, 7) is 1.47. The molecule has 0 aliphatic heterocycles. The molecule has 0 saturated heterocycles. The van der Waals surface area contributed by atoms with Gasteiger partial charge in [0.1, 0.15) is 0 Å². The monoisotopic (exact) mass is 235 g/mol. The Morgan fingerprint density at radius 2 is 2.07 bits per heavy atom. The number of aromatic nitrogens is 1. The molecule has 4 nitrogen and oxygen atoms in total. The summed E-state index contributed by atoms with van der Waals surface area (Å²) in [6.07, 6.45) is 1.43. The van der Waals surface area contributed by atoms with Gasteiger partial charge in [0, 0.05) is 13.2 Å². The van der Waals surface area contributed by atoms with Gasteiger partial charge in [-0.3, -0.25) is 4.79 Å². The van der Waals surface area contributed by atoms with Gasteiger partial charge >= 0.3 is 0 Å². The van der Waals surface area contributed by atoms with Gasteiger partial charge in [-0.15, -0.1) is 0 Å². The van der Waals surface area contributed by atoms with Crippen molar-refractivity contribution in [3.05, 3.63) is 27.6 Å². The molecule has 78 valence electrons. The maximum absolute atomic E-state index is 11.5. The Kier molecular flexibility index (Phi) is 3.01. The van der Waals surface area contributed by atoms with Crippen molar-refractivity contribution in [1.29, 1.82) is 0 Å². The van der Waals surface area contributed by atoms with E-state index in [9.17, 15) is 13.2 Å². The van der Waals surface area contributed by atoms with Gasteiger partial charge < -0.3 is 4.57 Å². The minimum absolute atomic E-state index is 0.0186. The molecule has 1 aromatic rings. The predicted octanol–water partition coefficient (Wildman–Crippen LogP) is 0.832. The molecule has 1 aromatic heterocycles. The molecule has 14 heavy (non-hydrogen) atoms. The fourth-order valence-electron chi connectivity index (χ4n) is 1.01. The fourth-order valence-corrected chi connectivity index (χ4v) is 2.56. The average Bonchev–Trinajstić information content (AvgIpc) is 2.12. The molecule has 0 aliphatic rings. The number of halogens is 1. The number of rotatable bonds is 2. The van der Waals surface area contributed by atoms with Crippen molar-refractivity contribution in [2.24, 2.45) is 7.05 Å². The zero-order valence-corrected chi connectivity index (χ0v) is 9.39. The van der Waals surface area contributed by atoms with E-state index in [4.69, 9.17) is 11.6 Å². The second-order valence-corrected chi connectivity index (χ2v) is 5.43. The van der Waals surface area contributed by atoms with Crippen LogP contribution in [0.15, 0.2) is 22.0 Å². The van der Waals surface area contributed by atoms with Crippen LogP contribution in [0.3, 0.4) is 0 Å². The second-order valence-electron chi connectivity index (χ2n) is 2.81. The molecule has 0 amide bonds. The summed E-state index contributed by atoms with van der Waals surface area (Å²) in [7, 11) is -2.07. The molecule has 1 rings (SSSR count). The standard InChI is InChI=1S/C8H10ClNO3S/c1-3-14(12,13)7-6(9)4-5-10(2)8(7)11/h4-5H,3H2,1-2H3. The van der Waals surface area contributed by atoms with Crippen molar-refractivity contribution in [3.63, 3.8) is 0 Å². The average molecular weight is 236 g/mol. The molecular weight excluding hydrogens is 226 g/mol. The van der Waals surface area contributed by atoms with Gasteiger partial charge in [-0.1, -0.05) is 18.5 Å². The summed E-state index contributed by atoms with van der Waals surface area (Å²) in [5, 5.41) is -0.0186. The molecular formula is C8H10ClNO3S. The molecule has 0 N–H and O–H groups in total. The molecule has 6 heteroatoms. The Balaban J connectivity index is 3.66. The van der Waals surface area contributed by atoms with Gasteiger partial charge in [-0.2, -0.15) is 0 Å². The molecule has 0 aromatic carbocycles. The molecule has 1 heterocycles. The highest BCUT2D eigenvalue weighted by Crippen LogP contribution is 2.17. The van der Waals surface area contributed by atoms with E-state index < -0.39 is 15.4 Å². The van der Waals surface area contributed by atoms with Gasteiger partial charge in [-0.05, 0) is 6.07 Å². The van der Waals surface area contributed by atoms with E-state index in [-0.39, 0.29) is 15.7 Å². The molecule has 0 radical (unpaired) electrons. The van der Waals surface area contributed by atoms with Crippen LogP contribution in [0, 0.1) is 0 Å². The topological polar surface area (TPSA) is 56.1 Å². The molecule has 0 saturated carbocycles. The number of pyridine rings is 1. The Labute approximate surface area is 87.0 Å². The highest BCUT2D eigenvalue weighted by molar-refractivity contribution is 7.91. The number of hydrogen-bond acceptors (Lipinski definition) is 3. The first kappa shape index (κ1) is 11.3. The van der Waals surface area contributed by atoms with E-state index in [1.807, 2.05) is 0 Å².